The van der Waals surface area contributed by atoms with Crippen LogP contribution in [-0.4, -0.2) is 199 Å². The first-order valence-corrected chi connectivity index (χ1v) is 58.7. The van der Waals surface area contributed by atoms with Crippen LogP contribution in [0.25, 0.3) is 32.3 Å². The zero-order valence-electron chi connectivity index (χ0n) is 85.0. The van der Waals surface area contributed by atoms with Crippen LogP contribution in [0.2, 0.25) is 0 Å². The van der Waals surface area contributed by atoms with Gasteiger partial charge >= 0.3 is 74.3 Å². The Labute approximate surface area is 914 Å². The van der Waals surface area contributed by atoms with Gasteiger partial charge in [-0.2, -0.15) is 87.2 Å². The number of fused-ring (bicyclic) bond motifs is 3. The van der Waals surface area contributed by atoms with E-state index < -0.39 is 23.9 Å². The Bertz CT molecular complexity index is 5660. The topological polar surface area (TPSA) is 351 Å². The van der Waals surface area contributed by atoms with Crippen molar-refractivity contribution in [2.45, 2.75) is 190 Å². The first kappa shape index (κ1) is 131. The molecule has 0 bridgehead atoms. The Morgan fingerprint density at radius 1 is 0.451 bits per heavy atom. The number of aliphatic hydroxyl groups is 4. The Balaban J connectivity index is 0.000000566. The van der Waals surface area contributed by atoms with Gasteiger partial charge in [0.1, 0.15) is 64.4 Å². The number of nitrogens with zero attached hydrogens (tertiary/aromatic N) is 7. The quantitative estimate of drug-likeness (QED) is 0.0201. The number of hydrogen-bond donors (Lipinski definition) is 6. The number of aliphatic hydroxyl groups excluding tert-OH is 4. The van der Waals surface area contributed by atoms with Gasteiger partial charge in [-0.1, -0.05) is 205 Å². The van der Waals surface area contributed by atoms with Gasteiger partial charge in [0.2, 0.25) is 0 Å². The number of benzene rings is 6. The molecule has 4 aliphatic heterocycles. The number of morpholine rings is 4. The van der Waals surface area contributed by atoms with Gasteiger partial charge < -0.3 is 90.5 Å². The van der Waals surface area contributed by atoms with Crippen LogP contribution in [0.1, 0.15) is 242 Å². The Hall–Kier alpha value is -7.14. The van der Waals surface area contributed by atoms with Crippen LogP contribution in [0.3, 0.4) is 0 Å². The van der Waals surface area contributed by atoms with Gasteiger partial charge in [-0.3, -0.25) is 0 Å². The number of carbonyl (C=O) groups excluding carboxylic acids is 3. The van der Waals surface area contributed by atoms with Crippen molar-refractivity contribution >= 4 is 178 Å². The molecule has 4 unspecified atom stereocenters. The third-order valence-corrected chi connectivity index (χ3v) is 30.2. The molecule has 6 N–H and O–H groups in total. The molecule has 8 heterocycles. The summed E-state index contributed by atoms with van der Waals surface area (Å²) >= 11 is 18.8. The summed E-state index contributed by atoms with van der Waals surface area (Å²) in [6.45, 7) is 56.6. The molecular formula is C108H142Br4N8O16PdS4Zn. The van der Waals surface area contributed by atoms with Crippen molar-refractivity contribution in [1.29, 1.82) is 21.0 Å². The maximum absolute atomic E-state index is 12.7. The fraction of sp³-hybridized carbons (Fsp3) is 0.472. The van der Waals surface area contributed by atoms with Gasteiger partial charge in [0.15, 0.2) is 0 Å². The van der Waals surface area contributed by atoms with Crippen molar-refractivity contribution < 1.29 is 115 Å². The number of thiophene rings is 4. The van der Waals surface area contributed by atoms with E-state index in [9.17, 15) is 55.4 Å². The van der Waals surface area contributed by atoms with E-state index in [-0.39, 0.29) is 96.8 Å². The van der Waals surface area contributed by atoms with Gasteiger partial charge in [0.05, 0.1) is 127 Å². The molecule has 6 aromatic carbocycles. The first-order valence-electron chi connectivity index (χ1n) is 46.1. The summed E-state index contributed by atoms with van der Waals surface area (Å²) in [7, 11) is 0. The van der Waals surface area contributed by atoms with Gasteiger partial charge in [0.25, 0.3) is 0 Å². The normalized spacial score (nSPS) is 15.3. The Morgan fingerprint density at radius 3 is 1.06 bits per heavy atom. The average molecular weight is 2430 g/mol. The molecule has 4 atom stereocenters. The molecule has 0 aliphatic carbocycles. The molecule has 24 nitrogen and oxygen atoms in total. The second-order valence-corrected chi connectivity index (χ2v) is 44.5. The van der Waals surface area contributed by atoms with Crippen LogP contribution in [0.4, 0.5) is 15.0 Å². The number of carbonyl (C=O) groups is 4. The number of ether oxygens (including phenoxy) is 7. The van der Waals surface area contributed by atoms with Crippen molar-refractivity contribution in [3.05, 3.63) is 228 Å². The fourth-order valence-corrected chi connectivity index (χ4v) is 19.3. The van der Waals surface area contributed by atoms with E-state index in [4.69, 9.17) is 43.5 Å². The number of nitrogens with one attached hydrogen (secondary N) is 1. The van der Waals surface area contributed by atoms with E-state index in [0.29, 0.717) is 171 Å². The Kier molecular flexibility index (Phi) is 61.1. The summed E-state index contributed by atoms with van der Waals surface area (Å²) in [5, 5.41) is 96.6. The Morgan fingerprint density at radius 2 is 0.746 bits per heavy atom. The molecular weight excluding hydrogens is 2280 g/mol. The molecule has 4 saturated heterocycles. The first-order chi connectivity index (χ1) is 66.2. The summed E-state index contributed by atoms with van der Waals surface area (Å²) in [4.78, 5) is 55.4. The molecule has 0 amide bonds. The standard InChI is InChI=1S/C24H24N2O4S.C22H20N2O4S.C13H15BrN2O4S.C11H9.C8H5Br2NO2S.2C8H18.C5H11NO2.2C4H9.CH4.BrH.Pd.Zn/c1-2-29-24(28)22-20(12-16-7-8-17-5-3-4-6-18(17)11-16)21(13-25)23(31-22)26-9-10-30-19(14-26)15-27;23-11-19-18(10-14-5-6-15-3-1-2-4-16(15)9-14)20(22(26)27)29-21(19)24-7-8-28-17(12-24)13-25;1-2-19-13(18)11-10(14)9(5-15)12(21-11)16-3-4-20-8(6-16)7-17;1-9-6-7-10-4-2-3-5-11(10)8-9;1-2-13-8(12)6-5(9)4(3-11)7(10)14-6;2*1-7(2,3)8(4,5)6;7-4-5-3-6-1-2-8-5;2*1-4(2)3;;;;/h3-8,11,19,27H,2,9-10,12,14-15H2,1H3;1-6,9,17,25H,7-8,10,12-13H2,(H,26,27);8,17H,2-4,6-7H2,1H3;2-8H,1H2;2H2,1H3;2*1-6H3;5-7H,1-4H2;2*1-3H3;1H4;1H;;/q;;;-1;;;;;2*-1;;;2*+2/p-1. The molecule has 0 spiro atoms. The van der Waals surface area contributed by atoms with Crippen LogP contribution >= 0.6 is 107 Å². The van der Waals surface area contributed by atoms with Gasteiger partial charge in [-0.15, -0.1) is 51.4 Å². The number of esters is 3. The van der Waals surface area contributed by atoms with Gasteiger partial charge in [-0.25, -0.2) is 19.2 Å². The third kappa shape index (κ3) is 42.2. The minimum atomic E-state index is -1.03. The van der Waals surface area contributed by atoms with E-state index in [1.54, 1.807) is 20.8 Å². The molecule has 142 heavy (non-hydrogen) atoms. The van der Waals surface area contributed by atoms with Crippen molar-refractivity contribution in [2.75, 3.05) is 140 Å². The molecule has 4 aliphatic rings. The fourth-order valence-electron chi connectivity index (χ4n) is 12.4. The molecule has 774 valence electrons. The van der Waals surface area contributed by atoms with E-state index in [0.717, 1.165) is 74.3 Å². The molecule has 4 fully saturated rings. The van der Waals surface area contributed by atoms with Crippen LogP contribution < -0.4 is 20.0 Å². The molecule has 34 heteroatoms. The average Bonchev–Trinajstić information content (AvgIpc) is 1.63. The number of halogens is 4. The van der Waals surface area contributed by atoms with Crippen molar-refractivity contribution in [1.82, 2.24) is 5.32 Å². The number of rotatable bonds is 18. The van der Waals surface area contributed by atoms with E-state index in [2.05, 4.69) is 265 Å². The minimum absolute atomic E-state index is 0. The van der Waals surface area contributed by atoms with E-state index >= 15 is 0 Å². The second kappa shape index (κ2) is 66.2. The summed E-state index contributed by atoms with van der Waals surface area (Å²) in [5.74, 6) is 0.550. The SMILES string of the molecule is C.CC(C)(C)C(C)(C)C.CC(C)(C)C(C)(C)C.CCOC(=O)c1sc(Br)c(C#N)c1Br.CCOC(=O)c1sc(N2CCOC(CO)C2)c(C#N)c1Br.CCOC(=O)c1sc(N2CCOC(CO)C2)c(C#N)c1Cc1ccc2ccccc2c1.C[C-](C)C.C[C-](C)C.N#Cc1c(N2CCOC(CO)C2)sc(C(=O)O)c1Cc1ccc2ccccc2c1.OCC1CNCCO1.[CH2-]c1ccc2ccccc2c1.[Pd+2].[Zn+][Br]. The third-order valence-electron chi connectivity index (χ3n) is 22.4. The number of nitriles is 4. The predicted molar refractivity (Wildman–Crippen MR) is 587 cm³/mol. The van der Waals surface area contributed by atoms with E-state index in [1.807, 2.05) is 99.6 Å². The van der Waals surface area contributed by atoms with Crippen LogP contribution in [0.15, 0.2) is 140 Å². The molecule has 0 radical (unpaired) electrons. The summed E-state index contributed by atoms with van der Waals surface area (Å²) < 4.78 is 38.3. The zero-order valence-corrected chi connectivity index (χ0v) is 99.1. The molecule has 4 aromatic heterocycles. The van der Waals surface area contributed by atoms with Gasteiger partial charge in [-0.05, 0) is 128 Å². The van der Waals surface area contributed by atoms with Crippen LogP contribution in [-0.2, 0) is 82.8 Å². The van der Waals surface area contributed by atoms with Gasteiger partial charge in [0, 0.05) is 76.3 Å². The van der Waals surface area contributed by atoms with Crippen molar-refractivity contribution in [3.8, 4) is 24.3 Å². The monoisotopic (exact) mass is 2420 g/mol. The number of carboxylic acid groups (broad SMARTS) is 1. The summed E-state index contributed by atoms with van der Waals surface area (Å²) in [6.07, 6.45) is -0.0564. The number of anilines is 3. The molecule has 0 saturated carbocycles. The number of aromatic carboxylic acids is 1. The molecule has 14 rings (SSSR count). The van der Waals surface area contributed by atoms with Crippen LogP contribution in [0, 0.1) is 85.7 Å². The molecule has 10 aromatic rings. The van der Waals surface area contributed by atoms with E-state index in [1.165, 1.54) is 73.0 Å². The number of hydrogen-bond acceptors (Lipinski definition) is 27. The van der Waals surface area contributed by atoms with Crippen LogP contribution in [0.5, 0.6) is 0 Å². The predicted octanol–water partition coefficient (Wildman–Crippen LogP) is 24.9. The number of carboxylic acids is 1. The second-order valence-electron chi connectivity index (χ2n) is 37.6. The van der Waals surface area contributed by atoms with Crippen molar-refractivity contribution in [3.63, 3.8) is 0 Å². The maximum atomic E-state index is 12.7. The van der Waals surface area contributed by atoms with Crippen molar-refractivity contribution in [2.24, 2.45) is 21.7 Å². The summed E-state index contributed by atoms with van der Waals surface area (Å²) in [6, 6.07) is 51.5. The zero-order chi connectivity index (χ0) is 105. The summed E-state index contributed by atoms with van der Waals surface area (Å²) in [5.41, 5.74) is 7.80.